The SMILES string of the molecule is CN(CCc1noc(-c2ccccc2)n1)S(=O)(=O)c1ccc2ccccc2c1. The van der Waals surface area contributed by atoms with Crippen LogP contribution in [0.25, 0.3) is 22.2 Å². The molecule has 4 rings (SSSR count). The summed E-state index contributed by atoms with van der Waals surface area (Å²) in [5.74, 6) is 0.898. The summed E-state index contributed by atoms with van der Waals surface area (Å²) in [5, 5.41) is 5.85. The van der Waals surface area contributed by atoms with Gasteiger partial charge >= 0.3 is 0 Å². The van der Waals surface area contributed by atoms with Crippen LogP contribution < -0.4 is 0 Å². The highest BCUT2D eigenvalue weighted by atomic mass is 32.2. The summed E-state index contributed by atoms with van der Waals surface area (Å²) in [6.07, 6.45) is 0.361. The Morgan fingerprint density at radius 2 is 1.64 bits per heavy atom. The third kappa shape index (κ3) is 3.67. The average Bonchev–Trinajstić information content (AvgIpc) is 3.21. The number of benzene rings is 3. The van der Waals surface area contributed by atoms with E-state index in [9.17, 15) is 8.42 Å². The highest BCUT2D eigenvalue weighted by molar-refractivity contribution is 7.89. The molecule has 6 nitrogen and oxygen atoms in total. The number of likely N-dealkylation sites (N-methyl/N-ethyl adjacent to an activating group) is 1. The number of nitrogens with zero attached hydrogens (tertiary/aromatic N) is 3. The first kappa shape index (κ1) is 18.3. The standard InChI is InChI=1S/C21H19N3O3S/c1-24(14-13-20-22-21(27-23-20)17-8-3-2-4-9-17)28(25,26)19-12-11-16-7-5-6-10-18(16)15-19/h2-12,15H,13-14H2,1H3. The van der Waals surface area contributed by atoms with Gasteiger partial charge in [-0.15, -0.1) is 0 Å². The maximum absolute atomic E-state index is 12.9. The number of hydrogen-bond acceptors (Lipinski definition) is 5. The van der Waals surface area contributed by atoms with E-state index in [-0.39, 0.29) is 11.4 Å². The molecule has 0 saturated carbocycles. The number of sulfonamides is 1. The lowest BCUT2D eigenvalue weighted by atomic mass is 10.1. The van der Waals surface area contributed by atoms with Gasteiger partial charge < -0.3 is 4.52 Å². The van der Waals surface area contributed by atoms with E-state index in [1.807, 2.05) is 60.7 Å². The smallest absolute Gasteiger partial charge is 0.257 e. The van der Waals surface area contributed by atoms with Crippen molar-refractivity contribution in [3.05, 3.63) is 78.6 Å². The molecule has 1 heterocycles. The molecule has 0 fully saturated rings. The van der Waals surface area contributed by atoms with Crippen LogP contribution in [0, 0.1) is 0 Å². The molecule has 0 aliphatic rings. The van der Waals surface area contributed by atoms with E-state index in [0.717, 1.165) is 16.3 Å². The molecule has 7 heteroatoms. The number of aromatic nitrogens is 2. The lowest BCUT2D eigenvalue weighted by Crippen LogP contribution is -2.29. The van der Waals surface area contributed by atoms with E-state index in [1.165, 1.54) is 4.31 Å². The Kier molecular flexibility index (Phi) is 4.93. The molecule has 0 atom stereocenters. The monoisotopic (exact) mass is 393 g/mol. The maximum atomic E-state index is 12.9. The lowest BCUT2D eigenvalue weighted by molar-refractivity contribution is 0.415. The van der Waals surface area contributed by atoms with Gasteiger partial charge in [-0.2, -0.15) is 4.98 Å². The first-order chi connectivity index (χ1) is 13.5. The zero-order valence-electron chi connectivity index (χ0n) is 15.3. The number of rotatable bonds is 6. The Morgan fingerprint density at radius 3 is 2.43 bits per heavy atom. The minimum absolute atomic E-state index is 0.253. The fourth-order valence-electron chi connectivity index (χ4n) is 2.94. The van der Waals surface area contributed by atoms with E-state index in [2.05, 4.69) is 10.1 Å². The van der Waals surface area contributed by atoms with E-state index >= 15 is 0 Å². The molecule has 0 radical (unpaired) electrons. The first-order valence-electron chi connectivity index (χ1n) is 8.87. The summed E-state index contributed by atoms with van der Waals surface area (Å²) >= 11 is 0. The molecule has 3 aromatic carbocycles. The van der Waals surface area contributed by atoms with Crippen molar-refractivity contribution < 1.29 is 12.9 Å². The topological polar surface area (TPSA) is 76.3 Å². The molecule has 0 N–H and O–H groups in total. The van der Waals surface area contributed by atoms with Gasteiger partial charge in [0.05, 0.1) is 4.90 Å². The molecule has 0 spiro atoms. The van der Waals surface area contributed by atoms with Crippen LogP contribution in [-0.2, 0) is 16.4 Å². The molecule has 1 aromatic heterocycles. The Morgan fingerprint density at radius 1 is 0.929 bits per heavy atom. The molecular weight excluding hydrogens is 374 g/mol. The predicted molar refractivity (Wildman–Crippen MR) is 107 cm³/mol. The van der Waals surface area contributed by atoms with Crippen molar-refractivity contribution in [1.29, 1.82) is 0 Å². The molecule has 28 heavy (non-hydrogen) atoms. The molecule has 142 valence electrons. The van der Waals surface area contributed by atoms with E-state index in [0.29, 0.717) is 18.1 Å². The zero-order valence-corrected chi connectivity index (χ0v) is 16.1. The van der Waals surface area contributed by atoms with E-state index < -0.39 is 10.0 Å². The minimum atomic E-state index is -3.60. The number of hydrogen-bond donors (Lipinski definition) is 0. The van der Waals surface area contributed by atoms with Gasteiger partial charge in [0.25, 0.3) is 5.89 Å². The van der Waals surface area contributed by atoms with Crippen molar-refractivity contribution in [2.24, 2.45) is 0 Å². The maximum Gasteiger partial charge on any atom is 0.257 e. The second-order valence-electron chi connectivity index (χ2n) is 6.47. The van der Waals surface area contributed by atoms with Gasteiger partial charge in [0.2, 0.25) is 10.0 Å². The van der Waals surface area contributed by atoms with Crippen molar-refractivity contribution in [1.82, 2.24) is 14.4 Å². The third-order valence-electron chi connectivity index (χ3n) is 4.57. The summed E-state index contributed by atoms with van der Waals surface area (Å²) in [6, 6.07) is 22.3. The van der Waals surface area contributed by atoms with E-state index in [4.69, 9.17) is 4.52 Å². The van der Waals surface area contributed by atoms with Crippen molar-refractivity contribution in [2.45, 2.75) is 11.3 Å². The van der Waals surface area contributed by atoms with Crippen LogP contribution in [0.15, 0.2) is 82.2 Å². The Balaban J connectivity index is 1.48. The van der Waals surface area contributed by atoms with Gasteiger partial charge in [-0.25, -0.2) is 12.7 Å². The van der Waals surface area contributed by atoms with Crippen LogP contribution in [0.2, 0.25) is 0 Å². The van der Waals surface area contributed by atoms with Crippen molar-refractivity contribution in [3.8, 4) is 11.5 Å². The summed E-state index contributed by atoms with van der Waals surface area (Å²) in [7, 11) is -2.04. The molecule has 0 aliphatic carbocycles. The summed E-state index contributed by atoms with van der Waals surface area (Å²) in [5.41, 5.74) is 0.832. The van der Waals surface area contributed by atoms with Gasteiger partial charge in [0, 0.05) is 25.6 Å². The zero-order chi connectivity index (χ0) is 19.6. The Bertz CT molecular complexity index is 1200. The molecule has 4 aromatic rings. The van der Waals surface area contributed by atoms with E-state index in [1.54, 1.807) is 19.2 Å². The molecule has 0 amide bonds. The van der Waals surface area contributed by atoms with Crippen molar-refractivity contribution in [3.63, 3.8) is 0 Å². The molecule has 0 saturated heterocycles. The fourth-order valence-corrected chi connectivity index (χ4v) is 4.15. The fraction of sp³-hybridized carbons (Fsp3) is 0.143. The summed E-state index contributed by atoms with van der Waals surface area (Å²) < 4.78 is 32.4. The quantitative estimate of drug-likeness (QED) is 0.499. The summed E-state index contributed by atoms with van der Waals surface area (Å²) in [4.78, 5) is 4.62. The molecule has 0 bridgehead atoms. The van der Waals surface area contributed by atoms with Crippen LogP contribution in [0.1, 0.15) is 5.82 Å². The predicted octanol–water partition coefficient (Wildman–Crippen LogP) is 3.75. The van der Waals surface area contributed by atoms with Gasteiger partial charge in [0.15, 0.2) is 5.82 Å². The highest BCUT2D eigenvalue weighted by Crippen LogP contribution is 2.22. The van der Waals surface area contributed by atoms with Gasteiger partial charge in [-0.3, -0.25) is 0 Å². The molecule has 0 unspecified atom stereocenters. The lowest BCUT2D eigenvalue weighted by Gasteiger charge is -2.16. The average molecular weight is 393 g/mol. The van der Waals surface area contributed by atoms with Gasteiger partial charge in [-0.1, -0.05) is 53.7 Å². The van der Waals surface area contributed by atoms with Crippen LogP contribution in [0.3, 0.4) is 0 Å². The molecular formula is C21H19N3O3S. The minimum Gasteiger partial charge on any atom is -0.334 e. The van der Waals surface area contributed by atoms with Crippen LogP contribution >= 0.6 is 0 Å². The Hall–Kier alpha value is -3.03. The second-order valence-corrected chi connectivity index (χ2v) is 8.51. The second kappa shape index (κ2) is 7.53. The van der Waals surface area contributed by atoms with Crippen molar-refractivity contribution in [2.75, 3.05) is 13.6 Å². The number of fused-ring (bicyclic) bond motifs is 1. The van der Waals surface area contributed by atoms with Crippen LogP contribution in [0.4, 0.5) is 0 Å². The van der Waals surface area contributed by atoms with Gasteiger partial charge in [-0.05, 0) is 35.0 Å². The molecule has 0 aliphatic heterocycles. The normalized spacial score (nSPS) is 11.9. The summed E-state index contributed by atoms with van der Waals surface area (Å²) in [6.45, 7) is 0.253. The largest absolute Gasteiger partial charge is 0.334 e. The van der Waals surface area contributed by atoms with Crippen molar-refractivity contribution >= 4 is 20.8 Å². The third-order valence-corrected chi connectivity index (χ3v) is 6.42. The van der Waals surface area contributed by atoms with Crippen LogP contribution in [0.5, 0.6) is 0 Å². The van der Waals surface area contributed by atoms with Crippen LogP contribution in [-0.4, -0.2) is 36.5 Å². The highest BCUT2D eigenvalue weighted by Gasteiger charge is 2.21. The Labute approximate surface area is 163 Å². The first-order valence-corrected chi connectivity index (χ1v) is 10.3. The van der Waals surface area contributed by atoms with Gasteiger partial charge in [0.1, 0.15) is 0 Å².